The number of halogens is 3. The van der Waals surface area contributed by atoms with Crippen molar-refractivity contribution in [2.75, 3.05) is 13.1 Å². The van der Waals surface area contributed by atoms with Gasteiger partial charge in [0.1, 0.15) is 0 Å². The minimum absolute atomic E-state index is 0.288. The quantitative estimate of drug-likeness (QED) is 0.897. The van der Waals surface area contributed by atoms with E-state index in [4.69, 9.17) is 0 Å². The van der Waals surface area contributed by atoms with Crippen molar-refractivity contribution < 1.29 is 18.0 Å². The Labute approximate surface area is 109 Å². The monoisotopic (exact) mass is 275 g/mol. The molecule has 19 heavy (non-hydrogen) atoms. The first kappa shape index (κ1) is 13.9. The highest BCUT2D eigenvalue weighted by atomic mass is 19.4. The van der Waals surface area contributed by atoms with Gasteiger partial charge in [-0.2, -0.15) is 18.3 Å². The molecule has 0 aliphatic heterocycles. The summed E-state index contributed by atoms with van der Waals surface area (Å²) in [5, 5.41) is 6.36. The molecule has 1 amide bonds. The molecule has 1 aliphatic rings. The number of amides is 1. The Morgan fingerprint density at radius 3 is 2.68 bits per heavy atom. The summed E-state index contributed by atoms with van der Waals surface area (Å²) in [5.41, 5.74) is 0.931. The van der Waals surface area contributed by atoms with E-state index in [1.54, 1.807) is 6.92 Å². The number of carbonyl (C=O) groups is 1. The molecule has 1 aromatic heterocycles. The summed E-state index contributed by atoms with van der Waals surface area (Å²) in [6.07, 6.45) is -1.87. The SMILES string of the molecule is Cc1[nH]ncc1C(=O)N(CCC(F)(F)F)CC1CC1. The summed E-state index contributed by atoms with van der Waals surface area (Å²) in [7, 11) is 0. The van der Waals surface area contributed by atoms with Crippen molar-refractivity contribution >= 4 is 5.91 Å². The highest BCUT2D eigenvalue weighted by molar-refractivity contribution is 5.95. The molecule has 7 heteroatoms. The number of aromatic amines is 1. The molecule has 0 unspecified atom stereocenters. The summed E-state index contributed by atoms with van der Waals surface area (Å²) in [6, 6.07) is 0. The zero-order chi connectivity index (χ0) is 14.0. The molecular weight excluding hydrogens is 259 g/mol. The van der Waals surface area contributed by atoms with Crippen molar-refractivity contribution in [2.45, 2.75) is 32.4 Å². The van der Waals surface area contributed by atoms with Crippen LogP contribution in [-0.4, -0.2) is 40.3 Å². The van der Waals surface area contributed by atoms with E-state index in [1.165, 1.54) is 11.1 Å². The van der Waals surface area contributed by atoms with Crippen LogP contribution in [0, 0.1) is 12.8 Å². The number of hydrogen-bond donors (Lipinski definition) is 1. The first-order chi connectivity index (χ1) is 8.87. The minimum Gasteiger partial charge on any atom is -0.338 e. The summed E-state index contributed by atoms with van der Waals surface area (Å²) < 4.78 is 36.9. The second kappa shape index (κ2) is 5.22. The Morgan fingerprint density at radius 2 is 2.21 bits per heavy atom. The topological polar surface area (TPSA) is 49.0 Å². The third-order valence-corrected chi connectivity index (χ3v) is 3.19. The standard InChI is InChI=1S/C12H16F3N3O/c1-8-10(6-16-17-8)11(19)18(7-9-2-3-9)5-4-12(13,14)15/h6,9H,2-5,7H2,1H3,(H,16,17). The Bertz CT molecular complexity index is 451. The lowest BCUT2D eigenvalue weighted by atomic mass is 10.2. The van der Waals surface area contributed by atoms with Crippen molar-refractivity contribution in [2.24, 2.45) is 5.92 Å². The molecule has 0 radical (unpaired) electrons. The molecule has 106 valence electrons. The van der Waals surface area contributed by atoms with Crippen molar-refractivity contribution in [3.63, 3.8) is 0 Å². The van der Waals surface area contributed by atoms with E-state index < -0.39 is 12.6 Å². The first-order valence-corrected chi connectivity index (χ1v) is 6.23. The minimum atomic E-state index is -4.24. The van der Waals surface area contributed by atoms with Crippen LogP contribution in [0.1, 0.15) is 35.3 Å². The molecule has 0 aromatic carbocycles. The normalized spacial score (nSPS) is 15.6. The molecule has 1 N–H and O–H groups in total. The van der Waals surface area contributed by atoms with Crippen LogP contribution in [0.3, 0.4) is 0 Å². The maximum absolute atomic E-state index is 12.3. The van der Waals surface area contributed by atoms with Gasteiger partial charge in [-0.25, -0.2) is 0 Å². The lowest BCUT2D eigenvalue weighted by Gasteiger charge is -2.23. The van der Waals surface area contributed by atoms with Crippen LogP contribution >= 0.6 is 0 Å². The van der Waals surface area contributed by atoms with Gasteiger partial charge in [-0.1, -0.05) is 0 Å². The number of hydrogen-bond acceptors (Lipinski definition) is 2. The Morgan fingerprint density at radius 1 is 1.53 bits per heavy atom. The molecule has 1 aromatic rings. The largest absolute Gasteiger partial charge is 0.390 e. The van der Waals surface area contributed by atoms with Crippen LogP contribution in [0.15, 0.2) is 6.20 Å². The fraction of sp³-hybridized carbons (Fsp3) is 0.667. The van der Waals surface area contributed by atoms with Crippen molar-refractivity contribution in [1.82, 2.24) is 15.1 Å². The summed E-state index contributed by atoms with van der Waals surface area (Å²) >= 11 is 0. The molecule has 1 fully saturated rings. The summed E-state index contributed by atoms with van der Waals surface area (Å²) in [5.74, 6) is -0.0215. The van der Waals surface area contributed by atoms with Crippen LogP contribution in [0.25, 0.3) is 0 Å². The number of aryl methyl sites for hydroxylation is 1. The van der Waals surface area contributed by atoms with Crippen LogP contribution in [0.5, 0.6) is 0 Å². The van der Waals surface area contributed by atoms with Gasteiger partial charge in [0, 0.05) is 18.8 Å². The third-order valence-electron chi connectivity index (χ3n) is 3.19. The van der Waals surface area contributed by atoms with Gasteiger partial charge in [0.2, 0.25) is 0 Å². The number of aromatic nitrogens is 2. The van der Waals surface area contributed by atoms with Gasteiger partial charge in [-0.3, -0.25) is 9.89 Å². The van der Waals surface area contributed by atoms with Gasteiger partial charge in [0.05, 0.1) is 18.2 Å². The van der Waals surface area contributed by atoms with Gasteiger partial charge in [-0.05, 0) is 25.7 Å². The van der Waals surface area contributed by atoms with Crippen LogP contribution < -0.4 is 0 Å². The number of nitrogens with zero attached hydrogens (tertiary/aromatic N) is 2. The van der Waals surface area contributed by atoms with Gasteiger partial charge < -0.3 is 4.90 Å². The molecule has 4 nitrogen and oxygen atoms in total. The second-order valence-corrected chi connectivity index (χ2v) is 4.97. The molecule has 1 heterocycles. The predicted molar refractivity (Wildman–Crippen MR) is 62.6 cm³/mol. The lowest BCUT2D eigenvalue weighted by molar-refractivity contribution is -0.136. The van der Waals surface area contributed by atoms with E-state index in [0.29, 0.717) is 23.7 Å². The smallest absolute Gasteiger partial charge is 0.338 e. The molecule has 0 bridgehead atoms. The Kier molecular flexibility index (Phi) is 3.82. The zero-order valence-electron chi connectivity index (χ0n) is 10.6. The fourth-order valence-electron chi connectivity index (χ4n) is 1.89. The van der Waals surface area contributed by atoms with E-state index in [-0.39, 0.29) is 12.5 Å². The van der Waals surface area contributed by atoms with Gasteiger partial charge in [0.25, 0.3) is 5.91 Å². The second-order valence-electron chi connectivity index (χ2n) is 4.97. The van der Waals surface area contributed by atoms with Crippen LogP contribution in [0.4, 0.5) is 13.2 Å². The number of rotatable bonds is 5. The average molecular weight is 275 g/mol. The lowest BCUT2D eigenvalue weighted by Crippen LogP contribution is -2.36. The Hall–Kier alpha value is -1.53. The molecule has 1 saturated carbocycles. The fourth-order valence-corrected chi connectivity index (χ4v) is 1.89. The van der Waals surface area contributed by atoms with Gasteiger partial charge in [-0.15, -0.1) is 0 Å². The van der Waals surface area contributed by atoms with E-state index >= 15 is 0 Å². The molecular formula is C12H16F3N3O. The zero-order valence-corrected chi connectivity index (χ0v) is 10.6. The molecule has 1 aliphatic carbocycles. The van der Waals surface area contributed by atoms with Gasteiger partial charge >= 0.3 is 6.18 Å². The van der Waals surface area contributed by atoms with Crippen LogP contribution in [0.2, 0.25) is 0 Å². The predicted octanol–water partition coefficient (Wildman–Crippen LogP) is 2.52. The molecule has 2 rings (SSSR count). The van der Waals surface area contributed by atoms with Crippen molar-refractivity contribution in [3.8, 4) is 0 Å². The summed E-state index contributed by atoms with van der Waals surface area (Å²) in [6.45, 7) is 1.79. The highest BCUT2D eigenvalue weighted by Crippen LogP contribution is 2.31. The summed E-state index contributed by atoms with van der Waals surface area (Å²) in [4.78, 5) is 13.5. The highest BCUT2D eigenvalue weighted by Gasteiger charge is 2.32. The average Bonchev–Trinajstić information content (AvgIpc) is 3.03. The van der Waals surface area contributed by atoms with E-state index in [2.05, 4.69) is 10.2 Å². The van der Waals surface area contributed by atoms with Crippen molar-refractivity contribution in [1.29, 1.82) is 0 Å². The van der Waals surface area contributed by atoms with E-state index in [1.807, 2.05) is 0 Å². The number of H-pyrrole nitrogens is 1. The number of alkyl halides is 3. The number of nitrogens with one attached hydrogen (secondary N) is 1. The molecule has 0 saturated heterocycles. The van der Waals surface area contributed by atoms with Crippen LogP contribution in [-0.2, 0) is 0 Å². The maximum atomic E-state index is 12.3. The first-order valence-electron chi connectivity index (χ1n) is 6.23. The van der Waals surface area contributed by atoms with Gasteiger partial charge in [0.15, 0.2) is 0 Å². The van der Waals surface area contributed by atoms with Crippen molar-refractivity contribution in [3.05, 3.63) is 17.5 Å². The third kappa shape index (κ3) is 3.97. The number of carbonyl (C=O) groups excluding carboxylic acids is 1. The molecule has 0 atom stereocenters. The van der Waals surface area contributed by atoms with E-state index in [0.717, 1.165) is 12.8 Å². The maximum Gasteiger partial charge on any atom is 0.390 e. The van der Waals surface area contributed by atoms with E-state index in [9.17, 15) is 18.0 Å². The molecule has 0 spiro atoms. The Balaban J connectivity index is 2.04.